The van der Waals surface area contributed by atoms with Gasteiger partial charge >= 0.3 is 16.4 Å². The highest BCUT2D eigenvalue weighted by molar-refractivity contribution is 7.80. The van der Waals surface area contributed by atoms with E-state index in [2.05, 4.69) is 14.8 Å². The normalized spacial score (nSPS) is 21.7. The molecule has 0 heterocycles. The zero-order chi connectivity index (χ0) is 37.6. The first-order chi connectivity index (χ1) is 24.2. The van der Waals surface area contributed by atoms with Gasteiger partial charge < -0.3 is 35.6 Å². The van der Waals surface area contributed by atoms with Crippen molar-refractivity contribution < 1.29 is 56.4 Å². The summed E-state index contributed by atoms with van der Waals surface area (Å²) in [5.74, 6) is -4.40. The maximum atomic E-state index is 12.9. The van der Waals surface area contributed by atoms with Crippen molar-refractivity contribution in [1.29, 1.82) is 0 Å². The Morgan fingerprint density at radius 1 is 0.843 bits per heavy atom. The highest BCUT2D eigenvalue weighted by Gasteiger charge is 2.54. The number of nitrogens with zero attached hydrogens (tertiary/aromatic N) is 1. The number of carbonyl (C=O) groups is 4. The fourth-order valence-electron chi connectivity index (χ4n) is 5.97. The molecular formula is C35H49N3O12S. The molecule has 0 aromatic heterocycles. The van der Waals surface area contributed by atoms with Crippen LogP contribution in [0.15, 0.2) is 54.6 Å². The van der Waals surface area contributed by atoms with E-state index in [1.165, 1.54) is 31.2 Å². The van der Waals surface area contributed by atoms with E-state index in [9.17, 15) is 47.5 Å². The van der Waals surface area contributed by atoms with Crippen molar-refractivity contribution >= 4 is 39.8 Å². The highest BCUT2D eigenvalue weighted by atomic mass is 32.3. The number of benzene rings is 2. The summed E-state index contributed by atoms with van der Waals surface area (Å²) in [6.45, 7) is 4.67. The Labute approximate surface area is 298 Å². The Hall–Kier alpha value is -4.09. The van der Waals surface area contributed by atoms with Crippen molar-refractivity contribution in [3.8, 4) is 5.75 Å². The van der Waals surface area contributed by atoms with Crippen molar-refractivity contribution in [2.24, 2.45) is 11.8 Å². The van der Waals surface area contributed by atoms with Gasteiger partial charge in [0.2, 0.25) is 11.8 Å². The summed E-state index contributed by atoms with van der Waals surface area (Å²) in [5.41, 5.74) is 1.00. The van der Waals surface area contributed by atoms with E-state index in [4.69, 9.17) is 4.74 Å². The van der Waals surface area contributed by atoms with Crippen LogP contribution in [0.5, 0.6) is 5.75 Å². The average molecular weight is 736 g/mol. The van der Waals surface area contributed by atoms with E-state index in [-0.39, 0.29) is 36.4 Å². The SMILES string of the molecule is CCCCC(=O)N(CCCCCCNC(=O)c1ccccc1)CCC(=O)Nc1ccc(OC2C(C)C(C(=O)O)C(O)C(O)C2OS(=O)(=O)O)cc1. The minimum atomic E-state index is -5.11. The third-order valence-corrected chi connectivity index (χ3v) is 9.24. The van der Waals surface area contributed by atoms with Crippen LogP contribution in [0.3, 0.4) is 0 Å². The number of aliphatic hydroxyl groups is 2. The van der Waals surface area contributed by atoms with Gasteiger partial charge in [-0.05, 0) is 55.7 Å². The number of carboxylic acids is 1. The van der Waals surface area contributed by atoms with Crippen molar-refractivity contribution in [3.63, 3.8) is 0 Å². The summed E-state index contributed by atoms with van der Waals surface area (Å²) >= 11 is 0. The minimum absolute atomic E-state index is 0.0164. The van der Waals surface area contributed by atoms with E-state index < -0.39 is 52.6 Å². The molecule has 2 aromatic carbocycles. The smallest absolute Gasteiger partial charge is 0.397 e. The molecule has 282 valence electrons. The van der Waals surface area contributed by atoms with Crippen LogP contribution < -0.4 is 15.4 Å². The molecule has 15 nitrogen and oxygen atoms in total. The van der Waals surface area contributed by atoms with Crippen molar-refractivity contribution in [1.82, 2.24) is 10.2 Å². The summed E-state index contributed by atoms with van der Waals surface area (Å²) in [4.78, 5) is 51.4. The van der Waals surface area contributed by atoms with E-state index in [0.717, 1.165) is 38.5 Å². The molecule has 0 bridgehead atoms. The van der Waals surface area contributed by atoms with Gasteiger partial charge in [0.25, 0.3) is 5.91 Å². The highest BCUT2D eigenvalue weighted by Crippen LogP contribution is 2.36. The van der Waals surface area contributed by atoms with Gasteiger partial charge in [-0.25, -0.2) is 4.18 Å². The molecule has 0 aliphatic heterocycles. The van der Waals surface area contributed by atoms with Crippen molar-refractivity contribution in [2.75, 3.05) is 25.0 Å². The molecule has 0 spiro atoms. The lowest BCUT2D eigenvalue weighted by Gasteiger charge is -2.44. The summed E-state index contributed by atoms with van der Waals surface area (Å²) in [5, 5.41) is 36.0. The van der Waals surface area contributed by atoms with E-state index in [0.29, 0.717) is 30.8 Å². The number of amides is 3. The number of carboxylic acid groups (broad SMARTS) is 1. The zero-order valence-corrected chi connectivity index (χ0v) is 29.7. The van der Waals surface area contributed by atoms with E-state index >= 15 is 0 Å². The van der Waals surface area contributed by atoms with Crippen molar-refractivity contribution in [2.45, 2.75) is 89.6 Å². The second-order valence-electron chi connectivity index (χ2n) is 12.6. The number of ether oxygens (including phenoxy) is 1. The van der Waals surface area contributed by atoms with Crippen LogP contribution >= 0.6 is 0 Å². The Bertz CT molecular complexity index is 1540. The maximum Gasteiger partial charge on any atom is 0.397 e. The molecular weight excluding hydrogens is 686 g/mol. The molecule has 6 unspecified atom stereocenters. The first-order valence-corrected chi connectivity index (χ1v) is 18.5. The molecule has 51 heavy (non-hydrogen) atoms. The predicted octanol–water partition coefficient (Wildman–Crippen LogP) is 3.03. The Kier molecular flexibility index (Phi) is 16.3. The number of unbranched alkanes of at least 4 members (excludes halogenated alkanes) is 4. The molecule has 0 saturated heterocycles. The van der Waals surface area contributed by atoms with Gasteiger partial charge in [0.05, 0.1) is 12.0 Å². The first kappa shape index (κ1) is 41.3. The van der Waals surface area contributed by atoms with Gasteiger partial charge in [-0.1, -0.05) is 51.3 Å². The van der Waals surface area contributed by atoms with Gasteiger partial charge in [0, 0.05) is 49.6 Å². The first-order valence-electron chi connectivity index (χ1n) is 17.1. The Morgan fingerprint density at radius 2 is 1.51 bits per heavy atom. The lowest BCUT2D eigenvalue weighted by atomic mass is 9.73. The van der Waals surface area contributed by atoms with Crippen LogP contribution in [0.25, 0.3) is 0 Å². The molecule has 2 aromatic rings. The number of nitrogens with one attached hydrogen (secondary N) is 2. The standard InChI is InChI=1S/C35H49N3O12S/c1-3-4-14-28(40)38(21-11-6-5-10-20-36-34(43)24-12-8-7-9-13-24)22-19-27(39)37-25-15-17-26(18-16-25)49-32-23(2)29(35(44)45)30(41)31(42)33(32)50-51(46,47)48/h7-9,12-13,15-18,23,29-33,41-42H,3-6,10-11,14,19-22H2,1-2H3,(H,36,43)(H,37,39)(H,44,45)(H,46,47,48). The molecule has 3 rings (SSSR count). The summed E-state index contributed by atoms with van der Waals surface area (Å²) < 4.78 is 42.5. The number of hydrogen-bond donors (Lipinski definition) is 6. The largest absolute Gasteiger partial charge is 0.487 e. The van der Waals surface area contributed by atoms with Gasteiger partial charge in [-0.15, -0.1) is 0 Å². The van der Waals surface area contributed by atoms with Gasteiger partial charge in [-0.3, -0.25) is 23.7 Å². The maximum absolute atomic E-state index is 12.9. The lowest BCUT2D eigenvalue weighted by molar-refractivity contribution is -0.184. The van der Waals surface area contributed by atoms with Crippen LogP contribution in [0.1, 0.15) is 75.6 Å². The second kappa shape index (κ2) is 20.1. The molecule has 6 atom stereocenters. The number of anilines is 1. The minimum Gasteiger partial charge on any atom is -0.487 e. The monoisotopic (exact) mass is 735 g/mol. The summed E-state index contributed by atoms with van der Waals surface area (Å²) in [6.07, 6.45) is -1.79. The number of aliphatic hydroxyl groups excluding tert-OH is 2. The molecule has 6 N–H and O–H groups in total. The van der Waals surface area contributed by atoms with Gasteiger partial charge in [0.1, 0.15) is 24.1 Å². The number of aliphatic carboxylic acids is 1. The van der Waals surface area contributed by atoms with Crippen molar-refractivity contribution in [3.05, 3.63) is 60.2 Å². The summed E-state index contributed by atoms with van der Waals surface area (Å²) in [6, 6.07) is 14.8. The molecule has 1 aliphatic rings. The van der Waals surface area contributed by atoms with Crippen LogP contribution in [-0.4, -0.2) is 101 Å². The topological polar surface area (TPSA) is 229 Å². The molecule has 1 fully saturated rings. The van der Waals surface area contributed by atoms with Crippen LogP contribution in [0, 0.1) is 11.8 Å². The summed E-state index contributed by atoms with van der Waals surface area (Å²) in [7, 11) is -5.11. The molecule has 0 radical (unpaired) electrons. The fourth-order valence-corrected chi connectivity index (χ4v) is 6.47. The quantitative estimate of drug-likeness (QED) is 0.0852. The van der Waals surface area contributed by atoms with E-state index in [1.54, 1.807) is 17.0 Å². The van der Waals surface area contributed by atoms with Gasteiger partial charge in [0.15, 0.2) is 0 Å². The third-order valence-electron chi connectivity index (χ3n) is 8.77. The molecule has 1 aliphatic carbocycles. The second-order valence-corrected chi connectivity index (χ2v) is 13.7. The Balaban J connectivity index is 1.50. The Morgan fingerprint density at radius 3 is 2.14 bits per heavy atom. The molecule has 3 amide bonds. The average Bonchev–Trinajstić information content (AvgIpc) is 3.09. The predicted molar refractivity (Wildman–Crippen MR) is 186 cm³/mol. The number of hydrogen-bond acceptors (Lipinski definition) is 10. The third kappa shape index (κ3) is 13.2. The van der Waals surface area contributed by atoms with Crippen LogP contribution in [0.2, 0.25) is 0 Å². The van der Waals surface area contributed by atoms with Crippen LogP contribution in [0.4, 0.5) is 5.69 Å². The van der Waals surface area contributed by atoms with E-state index in [1.807, 2.05) is 25.1 Å². The van der Waals surface area contributed by atoms with Crippen LogP contribution in [-0.2, 0) is 29.0 Å². The number of rotatable bonds is 20. The molecule has 16 heteroatoms. The lowest BCUT2D eigenvalue weighted by Crippen LogP contribution is -2.62. The zero-order valence-electron chi connectivity index (χ0n) is 28.8. The molecule has 1 saturated carbocycles. The van der Waals surface area contributed by atoms with Gasteiger partial charge in [-0.2, -0.15) is 8.42 Å². The fraction of sp³-hybridized carbons (Fsp3) is 0.543. The number of carbonyl (C=O) groups excluding carboxylic acids is 3.